The van der Waals surface area contributed by atoms with Gasteiger partial charge in [-0.15, -0.1) is 0 Å². The maximum atomic E-state index is 12.5. The van der Waals surface area contributed by atoms with Crippen LogP contribution in [-0.4, -0.2) is 42.8 Å². The molecule has 1 saturated heterocycles. The Morgan fingerprint density at radius 2 is 1.93 bits per heavy atom. The molecule has 0 bridgehead atoms. The number of amides is 1. The Hall–Kier alpha value is -1.69. The molecular weight excluding hydrogens is 416 g/mol. The number of rotatable bonds is 10. The summed E-state index contributed by atoms with van der Waals surface area (Å²) in [5, 5.41) is 3.88. The van der Waals surface area contributed by atoms with Crippen molar-refractivity contribution in [3.8, 4) is 5.75 Å². The molecule has 4 nitrogen and oxygen atoms in total. The van der Waals surface area contributed by atoms with Crippen LogP contribution in [-0.2, 0) is 17.1 Å². The maximum Gasteiger partial charge on any atom is 0.223 e. The summed E-state index contributed by atoms with van der Waals surface area (Å²) in [6.07, 6.45) is 1.85. The first kappa shape index (κ1) is 23.0. The highest BCUT2D eigenvalue weighted by Crippen LogP contribution is 2.21. The fraction of sp³-hybridized carbons (Fsp3) is 0.458. The van der Waals surface area contributed by atoms with Crippen LogP contribution in [0.4, 0.5) is 0 Å². The van der Waals surface area contributed by atoms with Gasteiger partial charge in [0.2, 0.25) is 5.91 Å². The van der Waals surface area contributed by atoms with E-state index in [4.69, 9.17) is 16.3 Å². The smallest absolute Gasteiger partial charge is 0.223 e. The van der Waals surface area contributed by atoms with Crippen LogP contribution in [0, 0.1) is 5.92 Å². The number of hydrogen-bond acceptors (Lipinski definition) is 4. The summed E-state index contributed by atoms with van der Waals surface area (Å²) in [7, 11) is 0. The summed E-state index contributed by atoms with van der Waals surface area (Å²) in [5.41, 5.74) is 2.52. The van der Waals surface area contributed by atoms with Crippen molar-refractivity contribution in [2.75, 3.05) is 32.0 Å². The van der Waals surface area contributed by atoms with E-state index in [-0.39, 0.29) is 11.8 Å². The summed E-state index contributed by atoms with van der Waals surface area (Å²) in [5.74, 6) is 3.13. The summed E-state index contributed by atoms with van der Waals surface area (Å²) in [6, 6.07) is 16.2. The number of carbonyl (C=O) groups is 1. The zero-order valence-corrected chi connectivity index (χ0v) is 19.2. The molecule has 1 heterocycles. The molecule has 6 heteroatoms. The van der Waals surface area contributed by atoms with Gasteiger partial charge in [0.25, 0.3) is 0 Å². The topological polar surface area (TPSA) is 41.6 Å². The highest BCUT2D eigenvalue weighted by Gasteiger charge is 2.24. The first-order valence-corrected chi connectivity index (χ1v) is 12.2. The lowest BCUT2D eigenvalue weighted by Gasteiger charge is -2.31. The number of thioether (sulfide) groups is 1. The molecule has 3 rings (SSSR count). The highest BCUT2D eigenvalue weighted by molar-refractivity contribution is 7.98. The number of carbonyl (C=O) groups excluding carboxylic acids is 1. The molecule has 0 spiro atoms. The summed E-state index contributed by atoms with van der Waals surface area (Å²) >= 11 is 7.74. The number of likely N-dealkylation sites (tertiary alicyclic amines) is 1. The Kier molecular flexibility index (Phi) is 9.37. The van der Waals surface area contributed by atoms with Crippen molar-refractivity contribution in [2.45, 2.75) is 32.1 Å². The van der Waals surface area contributed by atoms with Crippen molar-refractivity contribution >= 4 is 29.3 Å². The molecule has 2 aromatic carbocycles. The lowest BCUT2D eigenvalue weighted by molar-refractivity contribution is -0.126. The van der Waals surface area contributed by atoms with Crippen LogP contribution >= 0.6 is 23.4 Å². The first-order chi connectivity index (χ1) is 14.6. The molecule has 1 N–H and O–H groups in total. The molecule has 0 saturated carbocycles. The van der Waals surface area contributed by atoms with E-state index in [1.807, 2.05) is 43.0 Å². The third kappa shape index (κ3) is 7.53. The van der Waals surface area contributed by atoms with E-state index in [2.05, 4.69) is 34.5 Å². The minimum absolute atomic E-state index is 0.136. The van der Waals surface area contributed by atoms with Gasteiger partial charge in [-0.1, -0.05) is 35.9 Å². The van der Waals surface area contributed by atoms with E-state index in [0.717, 1.165) is 61.3 Å². The standard InChI is InChI=1S/C24H31ClN2O2S/c1-2-29-23-5-3-4-20(16-23)17-27-13-10-21(11-14-27)24(28)26-12-15-30-18-19-6-8-22(25)9-7-19/h3-9,16,21H,2,10-15,17-18H2,1H3,(H,26,28). The average molecular weight is 447 g/mol. The zero-order valence-electron chi connectivity index (χ0n) is 17.6. The molecule has 0 aliphatic carbocycles. The van der Waals surface area contributed by atoms with Gasteiger partial charge in [0.1, 0.15) is 5.75 Å². The van der Waals surface area contributed by atoms with Crippen LogP contribution in [0.1, 0.15) is 30.9 Å². The van der Waals surface area contributed by atoms with Gasteiger partial charge in [0.05, 0.1) is 6.61 Å². The van der Waals surface area contributed by atoms with Gasteiger partial charge < -0.3 is 10.1 Å². The van der Waals surface area contributed by atoms with Crippen molar-refractivity contribution in [1.29, 1.82) is 0 Å². The quantitative estimate of drug-likeness (QED) is 0.521. The number of nitrogens with zero attached hydrogens (tertiary/aromatic N) is 1. The molecule has 0 unspecified atom stereocenters. The monoisotopic (exact) mass is 446 g/mol. The maximum absolute atomic E-state index is 12.5. The van der Waals surface area contributed by atoms with Crippen LogP contribution < -0.4 is 10.1 Å². The molecular formula is C24H31ClN2O2S. The predicted molar refractivity (Wildman–Crippen MR) is 126 cm³/mol. The van der Waals surface area contributed by atoms with Crippen LogP contribution in [0.15, 0.2) is 48.5 Å². The van der Waals surface area contributed by atoms with Gasteiger partial charge in [-0.3, -0.25) is 9.69 Å². The van der Waals surface area contributed by atoms with Crippen LogP contribution in [0.3, 0.4) is 0 Å². The molecule has 0 aromatic heterocycles. The molecule has 2 aromatic rings. The van der Waals surface area contributed by atoms with Crippen LogP contribution in [0.2, 0.25) is 5.02 Å². The Bertz CT molecular complexity index is 792. The van der Waals surface area contributed by atoms with Gasteiger partial charge in [-0.25, -0.2) is 0 Å². The summed E-state index contributed by atoms with van der Waals surface area (Å²) in [4.78, 5) is 14.9. The Morgan fingerprint density at radius 1 is 1.17 bits per heavy atom. The number of halogens is 1. The average Bonchev–Trinajstić information content (AvgIpc) is 2.76. The number of benzene rings is 2. The molecule has 1 fully saturated rings. The van der Waals surface area contributed by atoms with Crippen molar-refractivity contribution in [3.05, 3.63) is 64.7 Å². The molecule has 1 aliphatic rings. The lowest BCUT2D eigenvalue weighted by Crippen LogP contribution is -2.40. The Labute approximate surface area is 189 Å². The number of nitrogens with one attached hydrogen (secondary N) is 1. The Balaban J connectivity index is 1.31. The second kappa shape index (κ2) is 12.2. The first-order valence-electron chi connectivity index (χ1n) is 10.7. The van der Waals surface area contributed by atoms with E-state index in [1.165, 1.54) is 11.1 Å². The molecule has 0 atom stereocenters. The zero-order chi connectivity index (χ0) is 21.2. The van der Waals surface area contributed by atoms with Gasteiger partial charge >= 0.3 is 0 Å². The molecule has 0 radical (unpaired) electrons. The van der Waals surface area contributed by atoms with E-state index >= 15 is 0 Å². The van der Waals surface area contributed by atoms with Crippen molar-refractivity contribution in [3.63, 3.8) is 0 Å². The number of hydrogen-bond donors (Lipinski definition) is 1. The van der Waals surface area contributed by atoms with Gasteiger partial charge in [-0.05, 0) is 68.2 Å². The molecule has 30 heavy (non-hydrogen) atoms. The van der Waals surface area contributed by atoms with E-state index < -0.39 is 0 Å². The number of piperidine rings is 1. The highest BCUT2D eigenvalue weighted by atomic mass is 35.5. The third-order valence-corrected chi connectivity index (χ3v) is 6.58. The third-order valence-electron chi connectivity index (χ3n) is 5.30. The largest absolute Gasteiger partial charge is 0.494 e. The Morgan fingerprint density at radius 3 is 2.67 bits per heavy atom. The summed E-state index contributed by atoms with van der Waals surface area (Å²) < 4.78 is 5.59. The summed E-state index contributed by atoms with van der Waals surface area (Å²) in [6.45, 7) is 6.24. The van der Waals surface area contributed by atoms with Crippen molar-refractivity contribution in [1.82, 2.24) is 10.2 Å². The van der Waals surface area contributed by atoms with Crippen molar-refractivity contribution < 1.29 is 9.53 Å². The SMILES string of the molecule is CCOc1cccc(CN2CCC(C(=O)NCCSCc3ccc(Cl)cc3)CC2)c1. The second-order valence-electron chi connectivity index (χ2n) is 7.60. The minimum Gasteiger partial charge on any atom is -0.494 e. The van der Waals surface area contributed by atoms with E-state index in [9.17, 15) is 4.79 Å². The fourth-order valence-electron chi connectivity index (χ4n) is 3.67. The van der Waals surface area contributed by atoms with Crippen LogP contribution in [0.25, 0.3) is 0 Å². The lowest BCUT2D eigenvalue weighted by atomic mass is 9.95. The van der Waals surface area contributed by atoms with Gasteiger partial charge in [0.15, 0.2) is 0 Å². The normalized spacial score (nSPS) is 15.1. The molecule has 1 aliphatic heterocycles. The fourth-order valence-corrected chi connectivity index (χ4v) is 4.62. The predicted octanol–water partition coefficient (Wildman–Crippen LogP) is 5.00. The van der Waals surface area contributed by atoms with Crippen molar-refractivity contribution in [2.24, 2.45) is 5.92 Å². The molecule has 1 amide bonds. The second-order valence-corrected chi connectivity index (χ2v) is 9.14. The van der Waals surface area contributed by atoms with E-state index in [0.29, 0.717) is 6.61 Å². The van der Waals surface area contributed by atoms with Crippen LogP contribution in [0.5, 0.6) is 5.75 Å². The minimum atomic E-state index is 0.136. The van der Waals surface area contributed by atoms with Gasteiger partial charge in [0, 0.05) is 35.5 Å². The number of ether oxygens (including phenoxy) is 1. The van der Waals surface area contributed by atoms with E-state index in [1.54, 1.807) is 0 Å². The van der Waals surface area contributed by atoms with Gasteiger partial charge in [-0.2, -0.15) is 11.8 Å². The molecule has 162 valence electrons.